The molecule has 5 nitrogen and oxygen atoms in total. The lowest BCUT2D eigenvalue weighted by molar-refractivity contribution is 0.594. The molecule has 1 aromatic heterocycles. The Morgan fingerprint density at radius 1 is 0.633 bits per heavy atom. The number of piperazine rings is 1. The van der Waals surface area contributed by atoms with Crippen molar-refractivity contribution >= 4 is 28.4 Å². The summed E-state index contributed by atoms with van der Waals surface area (Å²) in [6.07, 6.45) is 5.03. The molecule has 6 heteroatoms. The van der Waals surface area contributed by atoms with Crippen molar-refractivity contribution in [3.63, 3.8) is 0 Å². The van der Waals surface area contributed by atoms with Gasteiger partial charge in [-0.2, -0.15) is 4.98 Å². The van der Waals surface area contributed by atoms with E-state index in [1.165, 1.54) is 31.7 Å². The van der Waals surface area contributed by atoms with E-state index in [4.69, 9.17) is 9.97 Å². The molecule has 0 radical (unpaired) electrons. The van der Waals surface area contributed by atoms with E-state index in [-0.39, 0.29) is 5.82 Å². The van der Waals surface area contributed by atoms with Crippen molar-refractivity contribution < 1.29 is 4.39 Å². The lowest BCUT2D eigenvalue weighted by Gasteiger charge is -2.36. The van der Waals surface area contributed by atoms with Crippen molar-refractivity contribution in [3.8, 4) is 0 Å². The fourth-order valence-corrected chi connectivity index (χ4v) is 4.57. The SMILES string of the molecule is Fc1ccccc1N1CCN(c2nc(N3CCCCCC3)c3ccccc3n2)CC1. The first-order chi connectivity index (χ1) is 14.8. The van der Waals surface area contributed by atoms with Crippen molar-refractivity contribution in [2.45, 2.75) is 25.7 Å². The summed E-state index contributed by atoms with van der Waals surface area (Å²) in [4.78, 5) is 16.7. The second-order valence-corrected chi connectivity index (χ2v) is 8.19. The third-order valence-corrected chi connectivity index (χ3v) is 6.23. The molecular formula is C24H28FN5. The summed E-state index contributed by atoms with van der Waals surface area (Å²) in [7, 11) is 0. The van der Waals surface area contributed by atoms with Gasteiger partial charge in [-0.1, -0.05) is 37.1 Å². The van der Waals surface area contributed by atoms with Crippen LogP contribution in [0.1, 0.15) is 25.7 Å². The normalized spacial score (nSPS) is 18.0. The van der Waals surface area contributed by atoms with Crippen LogP contribution < -0.4 is 14.7 Å². The lowest BCUT2D eigenvalue weighted by Crippen LogP contribution is -2.47. The number of nitrogens with zero attached hydrogens (tertiary/aromatic N) is 5. The van der Waals surface area contributed by atoms with Gasteiger partial charge in [0.05, 0.1) is 11.2 Å². The largest absolute Gasteiger partial charge is 0.366 e. The van der Waals surface area contributed by atoms with Crippen LogP contribution in [0.3, 0.4) is 0 Å². The Morgan fingerprint density at radius 3 is 2.07 bits per heavy atom. The molecular weight excluding hydrogens is 377 g/mol. The monoisotopic (exact) mass is 405 g/mol. The van der Waals surface area contributed by atoms with Crippen LogP contribution in [0.15, 0.2) is 48.5 Å². The predicted octanol–water partition coefficient (Wildman–Crippen LogP) is 4.48. The maximum Gasteiger partial charge on any atom is 0.228 e. The Bertz CT molecular complexity index is 1010. The van der Waals surface area contributed by atoms with Crippen molar-refractivity contribution in [1.82, 2.24) is 9.97 Å². The number of hydrogen-bond acceptors (Lipinski definition) is 5. The number of anilines is 3. The third kappa shape index (κ3) is 3.78. The fourth-order valence-electron chi connectivity index (χ4n) is 4.57. The molecule has 156 valence electrons. The van der Waals surface area contributed by atoms with Crippen molar-refractivity contribution in [3.05, 3.63) is 54.3 Å². The van der Waals surface area contributed by atoms with Crippen LogP contribution in [-0.2, 0) is 0 Å². The average molecular weight is 406 g/mol. The number of rotatable bonds is 3. The summed E-state index contributed by atoms with van der Waals surface area (Å²) in [5.74, 6) is 1.70. The van der Waals surface area contributed by atoms with Gasteiger partial charge in [0.15, 0.2) is 0 Å². The molecule has 30 heavy (non-hydrogen) atoms. The third-order valence-electron chi connectivity index (χ3n) is 6.23. The molecule has 3 aromatic rings. The highest BCUT2D eigenvalue weighted by Gasteiger charge is 2.23. The molecule has 2 aromatic carbocycles. The molecule has 0 bridgehead atoms. The summed E-state index contributed by atoms with van der Waals surface area (Å²) >= 11 is 0. The van der Waals surface area contributed by atoms with Crippen LogP contribution in [0.2, 0.25) is 0 Å². The van der Waals surface area contributed by atoms with Crippen molar-refractivity contribution in [2.24, 2.45) is 0 Å². The number of para-hydroxylation sites is 2. The quantitative estimate of drug-likeness (QED) is 0.642. The number of aromatic nitrogens is 2. The maximum absolute atomic E-state index is 14.2. The van der Waals surface area contributed by atoms with Gasteiger partial charge in [-0.15, -0.1) is 0 Å². The van der Waals surface area contributed by atoms with Gasteiger partial charge in [-0.3, -0.25) is 0 Å². The topological polar surface area (TPSA) is 35.5 Å². The first-order valence-corrected chi connectivity index (χ1v) is 11.1. The van der Waals surface area contributed by atoms with Gasteiger partial charge in [0.1, 0.15) is 11.6 Å². The minimum Gasteiger partial charge on any atom is -0.366 e. The fraction of sp³-hybridized carbons (Fsp3) is 0.417. The highest BCUT2D eigenvalue weighted by molar-refractivity contribution is 5.90. The van der Waals surface area contributed by atoms with Crippen LogP contribution in [-0.4, -0.2) is 49.2 Å². The average Bonchev–Trinajstić information content (AvgIpc) is 3.08. The number of benzene rings is 2. The van der Waals surface area contributed by atoms with E-state index in [0.29, 0.717) is 5.69 Å². The summed E-state index contributed by atoms with van der Waals surface area (Å²) in [5, 5.41) is 1.13. The van der Waals surface area contributed by atoms with Gasteiger partial charge in [-0.25, -0.2) is 9.37 Å². The van der Waals surface area contributed by atoms with Gasteiger partial charge in [0.25, 0.3) is 0 Å². The zero-order valence-corrected chi connectivity index (χ0v) is 17.3. The molecule has 5 rings (SSSR count). The summed E-state index contributed by atoms with van der Waals surface area (Å²) in [6, 6.07) is 15.3. The van der Waals surface area contributed by atoms with E-state index >= 15 is 0 Å². The van der Waals surface area contributed by atoms with E-state index in [2.05, 4.69) is 32.9 Å². The van der Waals surface area contributed by atoms with E-state index in [1.807, 2.05) is 18.2 Å². The van der Waals surface area contributed by atoms with Crippen LogP contribution in [0.25, 0.3) is 10.9 Å². The Labute approximate surface area is 177 Å². The summed E-state index contributed by atoms with van der Waals surface area (Å²) in [5.41, 5.74) is 1.68. The molecule has 0 N–H and O–H groups in total. The van der Waals surface area contributed by atoms with Crippen LogP contribution in [0.4, 0.5) is 21.8 Å². The smallest absolute Gasteiger partial charge is 0.228 e. The zero-order valence-electron chi connectivity index (χ0n) is 17.3. The number of halogens is 1. The zero-order chi connectivity index (χ0) is 20.3. The number of hydrogen-bond donors (Lipinski definition) is 0. The van der Waals surface area contributed by atoms with Gasteiger partial charge in [0.2, 0.25) is 5.95 Å². The van der Waals surface area contributed by atoms with Gasteiger partial charge in [0, 0.05) is 44.7 Å². The Kier molecular flexibility index (Phi) is 5.39. The molecule has 0 aliphatic carbocycles. The van der Waals surface area contributed by atoms with Crippen molar-refractivity contribution in [2.75, 3.05) is 54.0 Å². The first kappa shape index (κ1) is 19.1. The van der Waals surface area contributed by atoms with E-state index < -0.39 is 0 Å². The van der Waals surface area contributed by atoms with E-state index in [1.54, 1.807) is 6.07 Å². The van der Waals surface area contributed by atoms with Gasteiger partial charge < -0.3 is 14.7 Å². The minimum absolute atomic E-state index is 0.156. The minimum atomic E-state index is -0.156. The Hall–Kier alpha value is -2.89. The van der Waals surface area contributed by atoms with Crippen LogP contribution in [0.5, 0.6) is 0 Å². The highest BCUT2D eigenvalue weighted by Crippen LogP contribution is 2.29. The molecule has 2 aliphatic heterocycles. The Morgan fingerprint density at radius 2 is 1.30 bits per heavy atom. The van der Waals surface area contributed by atoms with E-state index in [9.17, 15) is 4.39 Å². The van der Waals surface area contributed by atoms with Crippen molar-refractivity contribution in [1.29, 1.82) is 0 Å². The standard InChI is InChI=1S/C24H28FN5/c25-20-10-4-6-12-22(20)28-15-17-30(18-16-28)24-26-21-11-5-3-9-19(21)23(27-24)29-13-7-1-2-8-14-29/h3-6,9-12H,1-2,7-8,13-18H2. The summed E-state index contributed by atoms with van der Waals surface area (Å²) < 4.78 is 14.2. The molecule has 0 spiro atoms. The Balaban J connectivity index is 1.41. The maximum atomic E-state index is 14.2. The first-order valence-electron chi connectivity index (χ1n) is 11.1. The predicted molar refractivity (Wildman–Crippen MR) is 121 cm³/mol. The van der Waals surface area contributed by atoms with Crippen LogP contribution in [0, 0.1) is 5.82 Å². The molecule has 3 heterocycles. The molecule has 0 unspecified atom stereocenters. The second-order valence-electron chi connectivity index (χ2n) is 8.19. The number of fused-ring (bicyclic) bond motifs is 1. The summed E-state index contributed by atoms with van der Waals surface area (Å²) in [6.45, 7) is 5.20. The molecule has 0 saturated carbocycles. The second kappa shape index (κ2) is 8.46. The molecule has 0 amide bonds. The highest BCUT2D eigenvalue weighted by atomic mass is 19.1. The molecule has 2 saturated heterocycles. The molecule has 2 aliphatic rings. The van der Waals surface area contributed by atoms with Gasteiger partial charge in [-0.05, 0) is 37.1 Å². The lowest BCUT2D eigenvalue weighted by atomic mass is 10.2. The van der Waals surface area contributed by atoms with E-state index in [0.717, 1.165) is 61.9 Å². The molecule has 2 fully saturated rings. The van der Waals surface area contributed by atoms with Crippen LogP contribution >= 0.6 is 0 Å². The molecule has 0 atom stereocenters. The van der Waals surface area contributed by atoms with Gasteiger partial charge >= 0.3 is 0 Å².